The second kappa shape index (κ2) is 4.85. The number of likely N-dealkylation sites (N-methyl/N-ethyl adjacent to an activating group) is 1. The number of hydrogen-bond donors (Lipinski definition) is 2. The highest BCUT2D eigenvalue weighted by Gasteiger charge is 2.53. The predicted octanol–water partition coefficient (Wildman–Crippen LogP) is 0.675. The molecule has 0 aromatic carbocycles. The third-order valence-corrected chi connectivity index (χ3v) is 3.19. The minimum Gasteiger partial charge on any atom is -0.339 e. The first-order chi connectivity index (χ1) is 8.28. The summed E-state index contributed by atoms with van der Waals surface area (Å²) in [6.45, 7) is 7.53. The van der Waals surface area contributed by atoms with Crippen molar-refractivity contribution >= 4 is 12.1 Å². The molecule has 7 nitrogen and oxygen atoms in total. The zero-order valence-electron chi connectivity index (χ0n) is 11.2. The Morgan fingerprint density at radius 1 is 1.67 bits per heavy atom. The molecule has 1 atom stereocenters. The summed E-state index contributed by atoms with van der Waals surface area (Å²) in [5, 5.41) is 12.8. The molecule has 102 valence electrons. The van der Waals surface area contributed by atoms with E-state index in [-0.39, 0.29) is 6.03 Å². The van der Waals surface area contributed by atoms with Crippen LogP contribution in [-0.2, 0) is 0 Å². The first kappa shape index (κ1) is 14.3. The first-order valence-corrected chi connectivity index (χ1v) is 5.64. The van der Waals surface area contributed by atoms with Gasteiger partial charge < -0.3 is 15.1 Å². The maximum absolute atomic E-state index is 12.1. The Balaban J connectivity index is 3.08. The maximum Gasteiger partial charge on any atom is 0.342 e. The van der Waals surface area contributed by atoms with Crippen LogP contribution in [0.1, 0.15) is 13.8 Å². The predicted molar refractivity (Wildman–Crippen MR) is 66.0 cm³/mol. The van der Waals surface area contributed by atoms with E-state index in [2.05, 4.69) is 11.9 Å². The number of carbonyl (C=O) groups excluding carboxylic acids is 2. The van der Waals surface area contributed by atoms with Gasteiger partial charge in [-0.05, 0) is 13.8 Å². The Bertz CT molecular complexity index is 369. The Morgan fingerprint density at radius 2 is 2.22 bits per heavy atom. The number of carbonyl (C=O) groups is 2. The molecular formula is C11H20N4O3. The van der Waals surface area contributed by atoms with E-state index >= 15 is 0 Å². The van der Waals surface area contributed by atoms with Crippen LogP contribution < -0.4 is 5.32 Å². The second-order valence-electron chi connectivity index (χ2n) is 4.72. The minimum absolute atomic E-state index is 0.257. The Kier molecular flexibility index (Phi) is 3.85. The number of amides is 4. The van der Waals surface area contributed by atoms with Crippen molar-refractivity contribution in [1.29, 1.82) is 0 Å². The maximum atomic E-state index is 12.1. The molecule has 1 unspecified atom stereocenters. The van der Waals surface area contributed by atoms with Crippen molar-refractivity contribution in [2.75, 3.05) is 20.6 Å². The highest BCUT2D eigenvalue weighted by molar-refractivity contribution is 5.80. The van der Waals surface area contributed by atoms with E-state index in [0.29, 0.717) is 11.6 Å². The van der Waals surface area contributed by atoms with Gasteiger partial charge in [-0.25, -0.2) is 9.59 Å². The van der Waals surface area contributed by atoms with Crippen LogP contribution >= 0.6 is 0 Å². The van der Waals surface area contributed by atoms with E-state index < -0.39 is 17.7 Å². The summed E-state index contributed by atoms with van der Waals surface area (Å²) in [4.78, 5) is 26.4. The SMILES string of the molecule is C=CCN1C(=O)N(C)C(N(O)C(=O)NC)C1(C)C. The van der Waals surface area contributed by atoms with Crippen LogP contribution in [0.15, 0.2) is 12.7 Å². The lowest BCUT2D eigenvalue weighted by atomic mass is 10.0. The Morgan fingerprint density at radius 3 is 2.67 bits per heavy atom. The molecule has 0 bridgehead atoms. The van der Waals surface area contributed by atoms with E-state index in [0.717, 1.165) is 0 Å². The summed E-state index contributed by atoms with van der Waals surface area (Å²) >= 11 is 0. The molecule has 2 N–H and O–H groups in total. The lowest BCUT2D eigenvalue weighted by Gasteiger charge is -2.37. The molecule has 18 heavy (non-hydrogen) atoms. The molecule has 0 radical (unpaired) electrons. The molecule has 0 saturated carbocycles. The van der Waals surface area contributed by atoms with Crippen LogP contribution in [0.4, 0.5) is 9.59 Å². The van der Waals surface area contributed by atoms with Crippen LogP contribution in [0.5, 0.6) is 0 Å². The average Bonchev–Trinajstić information content (AvgIpc) is 2.48. The van der Waals surface area contributed by atoms with Gasteiger partial charge in [0.15, 0.2) is 6.17 Å². The number of hydroxylamine groups is 2. The fraction of sp³-hybridized carbons (Fsp3) is 0.636. The van der Waals surface area contributed by atoms with Crippen LogP contribution in [0.2, 0.25) is 0 Å². The molecule has 1 heterocycles. The zero-order valence-corrected chi connectivity index (χ0v) is 11.2. The molecule has 1 aliphatic rings. The third-order valence-electron chi connectivity index (χ3n) is 3.19. The summed E-state index contributed by atoms with van der Waals surface area (Å²) in [6, 6.07) is -0.916. The van der Waals surface area contributed by atoms with Crippen LogP contribution in [0.25, 0.3) is 0 Å². The molecular weight excluding hydrogens is 236 g/mol. The Labute approximate surface area is 107 Å². The van der Waals surface area contributed by atoms with Gasteiger partial charge in [0.05, 0.1) is 5.54 Å². The quantitative estimate of drug-likeness (QED) is 0.443. The van der Waals surface area contributed by atoms with Gasteiger partial charge in [0.25, 0.3) is 0 Å². The monoisotopic (exact) mass is 256 g/mol. The van der Waals surface area contributed by atoms with E-state index in [1.54, 1.807) is 31.9 Å². The van der Waals surface area contributed by atoms with E-state index in [1.807, 2.05) is 0 Å². The normalized spacial score (nSPS) is 22.1. The smallest absolute Gasteiger partial charge is 0.339 e. The van der Waals surface area contributed by atoms with E-state index in [1.165, 1.54) is 11.9 Å². The molecule has 1 saturated heterocycles. The van der Waals surface area contributed by atoms with Crippen LogP contribution in [0, 0.1) is 0 Å². The van der Waals surface area contributed by atoms with E-state index in [9.17, 15) is 14.8 Å². The molecule has 1 fully saturated rings. The van der Waals surface area contributed by atoms with Crippen molar-refractivity contribution in [2.24, 2.45) is 0 Å². The summed E-state index contributed by atoms with van der Waals surface area (Å²) in [6.07, 6.45) is 0.849. The van der Waals surface area contributed by atoms with E-state index in [4.69, 9.17) is 0 Å². The molecule has 0 aliphatic carbocycles. The number of nitrogens with zero attached hydrogens (tertiary/aromatic N) is 3. The zero-order chi connectivity index (χ0) is 14.1. The van der Waals surface area contributed by atoms with Gasteiger partial charge in [0.2, 0.25) is 0 Å². The first-order valence-electron chi connectivity index (χ1n) is 5.64. The fourth-order valence-corrected chi connectivity index (χ4v) is 2.29. The van der Waals surface area contributed by atoms with Gasteiger partial charge in [0, 0.05) is 20.6 Å². The summed E-state index contributed by atoms with van der Waals surface area (Å²) < 4.78 is 0. The fourth-order valence-electron chi connectivity index (χ4n) is 2.29. The Hall–Kier alpha value is -1.76. The van der Waals surface area contributed by atoms with Crippen molar-refractivity contribution in [3.05, 3.63) is 12.7 Å². The molecule has 4 amide bonds. The molecule has 7 heteroatoms. The lowest BCUT2D eigenvalue weighted by molar-refractivity contribution is -0.128. The standard InChI is InChI=1S/C11H20N4O3/c1-6-7-14-10(17)13(5)8(11(14,2)3)15(18)9(16)12-4/h6,8,18H,1,7H2,2-5H3,(H,12,16). The van der Waals surface area contributed by atoms with Gasteiger partial charge >= 0.3 is 12.1 Å². The van der Waals surface area contributed by atoms with Gasteiger partial charge in [-0.2, -0.15) is 5.06 Å². The van der Waals surface area contributed by atoms with Gasteiger partial charge in [0.1, 0.15) is 0 Å². The minimum atomic E-state index is -0.759. The van der Waals surface area contributed by atoms with Crippen LogP contribution in [-0.4, -0.2) is 64.5 Å². The number of urea groups is 2. The number of rotatable bonds is 3. The van der Waals surface area contributed by atoms with Crippen LogP contribution in [0.3, 0.4) is 0 Å². The largest absolute Gasteiger partial charge is 0.342 e. The second-order valence-corrected chi connectivity index (χ2v) is 4.72. The molecule has 1 aliphatic heterocycles. The molecule has 0 spiro atoms. The topological polar surface area (TPSA) is 76.1 Å². The summed E-state index contributed by atoms with van der Waals surface area (Å²) in [5.74, 6) is 0. The summed E-state index contributed by atoms with van der Waals surface area (Å²) in [5.41, 5.74) is -0.721. The molecule has 0 aromatic rings. The van der Waals surface area contributed by atoms with Gasteiger partial charge in [-0.3, -0.25) is 5.21 Å². The van der Waals surface area contributed by atoms with Crippen molar-refractivity contribution in [3.8, 4) is 0 Å². The highest BCUT2D eigenvalue weighted by atomic mass is 16.5. The lowest BCUT2D eigenvalue weighted by Crippen LogP contribution is -2.57. The van der Waals surface area contributed by atoms with Crippen molar-refractivity contribution in [2.45, 2.75) is 25.6 Å². The third kappa shape index (κ3) is 2.01. The van der Waals surface area contributed by atoms with Gasteiger partial charge in [-0.15, -0.1) is 6.58 Å². The summed E-state index contributed by atoms with van der Waals surface area (Å²) in [7, 11) is 2.96. The van der Waals surface area contributed by atoms with Crippen molar-refractivity contribution in [3.63, 3.8) is 0 Å². The van der Waals surface area contributed by atoms with Crippen molar-refractivity contribution in [1.82, 2.24) is 20.2 Å². The molecule has 0 aromatic heterocycles. The highest BCUT2D eigenvalue weighted by Crippen LogP contribution is 2.32. The number of hydrogen-bond acceptors (Lipinski definition) is 3. The number of nitrogens with one attached hydrogen (secondary N) is 1. The average molecular weight is 256 g/mol. The van der Waals surface area contributed by atoms with Crippen molar-refractivity contribution < 1.29 is 14.8 Å². The molecule has 1 rings (SSSR count). The van der Waals surface area contributed by atoms with Gasteiger partial charge in [-0.1, -0.05) is 6.08 Å².